The molecule has 2 aromatic rings. The van der Waals surface area contributed by atoms with E-state index in [0.717, 1.165) is 31.3 Å². The largest absolute Gasteiger partial charge is 0.497 e. The average molecular weight is 426 g/mol. The first kappa shape index (κ1) is 21.2. The van der Waals surface area contributed by atoms with Crippen LogP contribution in [-0.2, 0) is 4.79 Å². The Bertz CT molecular complexity index is 868. The number of hydrogen-bond donors (Lipinski definition) is 0. The first-order valence-electron chi connectivity index (χ1n) is 11.0. The molecule has 166 valence electrons. The van der Waals surface area contributed by atoms with Gasteiger partial charge in [0.15, 0.2) is 18.2 Å². The van der Waals surface area contributed by atoms with Crippen LogP contribution in [0.15, 0.2) is 36.4 Å². The number of benzene rings is 1. The van der Waals surface area contributed by atoms with Gasteiger partial charge in [-0.05, 0) is 50.5 Å². The molecule has 2 aliphatic heterocycles. The summed E-state index contributed by atoms with van der Waals surface area (Å²) in [6.45, 7) is 6.09. The fraction of sp³-hybridized carbons (Fsp3) is 0.522. The zero-order valence-electron chi connectivity index (χ0n) is 18.4. The molecule has 8 heteroatoms. The van der Waals surface area contributed by atoms with Gasteiger partial charge in [-0.2, -0.15) is 0 Å². The summed E-state index contributed by atoms with van der Waals surface area (Å²) in [7, 11) is 1.61. The molecule has 4 rings (SSSR count). The highest BCUT2D eigenvalue weighted by Gasteiger charge is 2.24. The zero-order valence-corrected chi connectivity index (χ0v) is 18.4. The number of rotatable bonds is 6. The summed E-state index contributed by atoms with van der Waals surface area (Å²) in [4.78, 5) is 18.9. The summed E-state index contributed by atoms with van der Waals surface area (Å²) in [5.74, 6) is 3.15. The second-order valence-corrected chi connectivity index (χ2v) is 8.12. The third-order valence-electron chi connectivity index (χ3n) is 6.09. The number of carbonyl (C=O) groups excluding carboxylic acids is 1. The van der Waals surface area contributed by atoms with Crippen molar-refractivity contribution in [3.63, 3.8) is 0 Å². The lowest BCUT2D eigenvalue weighted by Gasteiger charge is -2.36. The second-order valence-electron chi connectivity index (χ2n) is 8.12. The van der Waals surface area contributed by atoms with Gasteiger partial charge < -0.3 is 24.2 Å². The van der Waals surface area contributed by atoms with Crippen LogP contribution >= 0.6 is 0 Å². The van der Waals surface area contributed by atoms with Gasteiger partial charge in [-0.1, -0.05) is 6.07 Å². The molecule has 0 radical (unpaired) electrons. The van der Waals surface area contributed by atoms with Crippen LogP contribution in [0.5, 0.6) is 11.5 Å². The van der Waals surface area contributed by atoms with E-state index in [0.29, 0.717) is 30.6 Å². The third kappa shape index (κ3) is 5.18. The van der Waals surface area contributed by atoms with Crippen molar-refractivity contribution in [2.24, 2.45) is 0 Å². The Balaban J connectivity index is 1.26. The summed E-state index contributed by atoms with van der Waals surface area (Å²) in [5.41, 5.74) is 0. The molecule has 0 aliphatic carbocycles. The van der Waals surface area contributed by atoms with Crippen LogP contribution in [0, 0.1) is 0 Å². The molecule has 1 aromatic heterocycles. The van der Waals surface area contributed by atoms with Crippen molar-refractivity contribution < 1.29 is 14.3 Å². The number of carbonyl (C=O) groups is 1. The number of piperidine rings is 1. The molecule has 0 bridgehead atoms. The van der Waals surface area contributed by atoms with Gasteiger partial charge in [-0.15, -0.1) is 10.2 Å². The summed E-state index contributed by atoms with van der Waals surface area (Å²) >= 11 is 0. The fourth-order valence-electron chi connectivity index (χ4n) is 4.19. The van der Waals surface area contributed by atoms with Gasteiger partial charge in [0.2, 0.25) is 0 Å². The molecule has 1 aromatic carbocycles. The SMILES string of the molecule is COc1cccc(OCC(=O)N2CCN(c3ccc(N4CCCCC4C)nn3)CC2)c1. The maximum atomic E-state index is 12.5. The molecule has 1 unspecified atom stereocenters. The van der Waals surface area contributed by atoms with Crippen LogP contribution in [0.2, 0.25) is 0 Å². The summed E-state index contributed by atoms with van der Waals surface area (Å²) in [6, 6.07) is 11.9. The van der Waals surface area contributed by atoms with Crippen molar-refractivity contribution in [2.75, 3.05) is 56.2 Å². The summed E-state index contributed by atoms with van der Waals surface area (Å²) < 4.78 is 10.8. The zero-order chi connectivity index (χ0) is 21.6. The molecule has 0 spiro atoms. The number of aromatic nitrogens is 2. The Labute approximate surface area is 183 Å². The normalized spacial score (nSPS) is 19.3. The molecule has 8 nitrogen and oxygen atoms in total. The number of anilines is 2. The molecule has 2 fully saturated rings. The van der Waals surface area contributed by atoms with E-state index >= 15 is 0 Å². The van der Waals surface area contributed by atoms with Crippen LogP contribution < -0.4 is 19.3 Å². The Morgan fingerprint density at radius 2 is 1.74 bits per heavy atom. The molecule has 1 amide bonds. The minimum Gasteiger partial charge on any atom is -0.497 e. The Kier molecular flexibility index (Phi) is 6.74. The number of hydrogen-bond acceptors (Lipinski definition) is 7. The first-order valence-corrected chi connectivity index (χ1v) is 11.0. The Hall–Kier alpha value is -3.03. The number of methoxy groups -OCH3 is 1. The molecule has 1 atom stereocenters. The Morgan fingerprint density at radius 1 is 1.00 bits per heavy atom. The van der Waals surface area contributed by atoms with Crippen LogP contribution in [-0.4, -0.2) is 73.5 Å². The van der Waals surface area contributed by atoms with Crippen molar-refractivity contribution in [1.82, 2.24) is 15.1 Å². The van der Waals surface area contributed by atoms with Gasteiger partial charge >= 0.3 is 0 Å². The maximum Gasteiger partial charge on any atom is 0.260 e. The van der Waals surface area contributed by atoms with Gasteiger partial charge in [0.25, 0.3) is 5.91 Å². The molecule has 0 N–H and O–H groups in total. The molecule has 0 saturated carbocycles. The quantitative estimate of drug-likeness (QED) is 0.704. The molecular formula is C23H31N5O3. The van der Waals surface area contributed by atoms with Gasteiger partial charge in [0.1, 0.15) is 11.5 Å². The van der Waals surface area contributed by atoms with E-state index in [2.05, 4.69) is 33.0 Å². The fourth-order valence-corrected chi connectivity index (χ4v) is 4.19. The van der Waals surface area contributed by atoms with E-state index in [1.165, 1.54) is 19.3 Å². The van der Waals surface area contributed by atoms with E-state index < -0.39 is 0 Å². The van der Waals surface area contributed by atoms with Crippen LogP contribution in [0.25, 0.3) is 0 Å². The lowest BCUT2D eigenvalue weighted by atomic mass is 10.0. The highest BCUT2D eigenvalue weighted by atomic mass is 16.5. The third-order valence-corrected chi connectivity index (χ3v) is 6.09. The van der Waals surface area contributed by atoms with Gasteiger partial charge in [-0.25, -0.2) is 0 Å². The Morgan fingerprint density at radius 3 is 2.45 bits per heavy atom. The number of amides is 1. The highest BCUT2D eigenvalue weighted by molar-refractivity contribution is 5.78. The topological polar surface area (TPSA) is 71.0 Å². The average Bonchev–Trinajstić information content (AvgIpc) is 2.83. The van der Waals surface area contributed by atoms with Crippen molar-refractivity contribution in [2.45, 2.75) is 32.2 Å². The van der Waals surface area contributed by atoms with Crippen LogP contribution in [0.3, 0.4) is 0 Å². The number of piperazine rings is 1. The van der Waals surface area contributed by atoms with E-state index in [1.54, 1.807) is 13.2 Å². The van der Waals surface area contributed by atoms with Crippen LogP contribution in [0.4, 0.5) is 11.6 Å². The molecule has 2 aliphatic rings. The van der Waals surface area contributed by atoms with E-state index in [4.69, 9.17) is 9.47 Å². The van der Waals surface area contributed by atoms with E-state index in [1.807, 2.05) is 29.2 Å². The first-order chi connectivity index (χ1) is 15.1. The number of ether oxygens (including phenoxy) is 2. The minimum atomic E-state index is -0.0111. The van der Waals surface area contributed by atoms with Gasteiger partial charge in [0, 0.05) is 44.8 Å². The van der Waals surface area contributed by atoms with Crippen molar-refractivity contribution >= 4 is 17.5 Å². The summed E-state index contributed by atoms with van der Waals surface area (Å²) in [6.07, 6.45) is 3.71. The molecule has 31 heavy (non-hydrogen) atoms. The smallest absolute Gasteiger partial charge is 0.260 e. The van der Waals surface area contributed by atoms with E-state index in [-0.39, 0.29) is 12.5 Å². The van der Waals surface area contributed by atoms with Crippen LogP contribution in [0.1, 0.15) is 26.2 Å². The monoisotopic (exact) mass is 425 g/mol. The summed E-state index contributed by atoms with van der Waals surface area (Å²) in [5, 5.41) is 8.95. The van der Waals surface area contributed by atoms with Crippen molar-refractivity contribution in [3.8, 4) is 11.5 Å². The lowest BCUT2D eigenvalue weighted by molar-refractivity contribution is -0.133. The van der Waals surface area contributed by atoms with E-state index in [9.17, 15) is 4.79 Å². The number of nitrogens with zero attached hydrogens (tertiary/aromatic N) is 5. The van der Waals surface area contributed by atoms with Gasteiger partial charge in [0.05, 0.1) is 7.11 Å². The van der Waals surface area contributed by atoms with Crippen molar-refractivity contribution in [3.05, 3.63) is 36.4 Å². The lowest BCUT2D eigenvalue weighted by Crippen LogP contribution is -2.50. The second kappa shape index (κ2) is 9.85. The van der Waals surface area contributed by atoms with Gasteiger partial charge in [-0.3, -0.25) is 4.79 Å². The maximum absolute atomic E-state index is 12.5. The highest BCUT2D eigenvalue weighted by Crippen LogP contribution is 2.24. The minimum absolute atomic E-state index is 0.0111. The predicted octanol–water partition coefficient (Wildman–Crippen LogP) is 2.59. The standard InChI is InChI=1S/C23H31N5O3/c1-18-6-3-4-11-28(18)22-10-9-21(24-25-22)26-12-14-27(15-13-26)23(29)17-31-20-8-5-7-19(16-20)30-2/h5,7-10,16,18H,3-4,6,11-15,17H2,1-2H3. The predicted molar refractivity (Wildman–Crippen MR) is 120 cm³/mol. The van der Waals surface area contributed by atoms with Crippen molar-refractivity contribution in [1.29, 1.82) is 0 Å². The molecule has 2 saturated heterocycles. The molecular weight excluding hydrogens is 394 g/mol. The molecule has 3 heterocycles.